The minimum absolute atomic E-state index is 0.468. The van der Waals surface area contributed by atoms with E-state index in [9.17, 15) is 5.11 Å². The standard InChI is InChI=1S/C5H7N5O/c1-10-8-3-4(9-10)6-2-7-5(3)11/h2,5,11H,1H3,(H,6,7,9). The average molecular weight is 153 g/mol. The molecule has 0 saturated carbocycles. The van der Waals surface area contributed by atoms with Crippen molar-refractivity contribution in [1.29, 1.82) is 0 Å². The van der Waals surface area contributed by atoms with Gasteiger partial charge in [-0.2, -0.15) is 9.90 Å². The van der Waals surface area contributed by atoms with Crippen LogP contribution in [0.3, 0.4) is 0 Å². The molecular weight excluding hydrogens is 146 g/mol. The van der Waals surface area contributed by atoms with Crippen molar-refractivity contribution < 1.29 is 5.11 Å². The molecule has 0 radical (unpaired) electrons. The van der Waals surface area contributed by atoms with Gasteiger partial charge in [-0.15, -0.1) is 5.10 Å². The fourth-order valence-corrected chi connectivity index (χ4v) is 0.938. The minimum Gasteiger partial charge on any atom is -0.366 e. The maximum Gasteiger partial charge on any atom is 0.195 e. The lowest BCUT2D eigenvalue weighted by molar-refractivity contribution is 0.183. The zero-order valence-electron chi connectivity index (χ0n) is 5.89. The van der Waals surface area contributed by atoms with Crippen LogP contribution in [0.15, 0.2) is 4.99 Å². The molecule has 2 N–H and O–H groups in total. The van der Waals surface area contributed by atoms with Gasteiger partial charge in [-0.05, 0) is 0 Å². The van der Waals surface area contributed by atoms with E-state index < -0.39 is 6.23 Å². The first-order chi connectivity index (χ1) is 5.27. The zero-order valence-corrected chi connectivity index (χ0v) is 5.89. The predicted molar refractivity (Wildman–Crippen MR) is 38.1 cm³/mol. The number of nitrogens with one attached hydrogen (secondary N) is 1. The Hall–Kier alpha value is -1.43. The number of hydrogen-bond acceptors (Lipinski definition) is 5. The SMILES string of the molecule is Cn1nc2c(n1)C(O)N=CN2. The number of fused-ring (bicyclic) bond motifs is 1. The lowest BCUT2D eigenvalue weighted by Crippen LogP contribution is -2.09. The van der Waals surface area contributed by atoms with E-state index >= 15 is 0 Å². The van der Waals surface area contributed by atoms with E-state index in [4.69, 9.17) is 0 Å². The van der Waals surface area contributed by atoms with Gasteiger partial charge in [-0.25, -0.2) is 4.99 Å². The Bertz CT molecular complexity index is 304. The molecule has 1 aromatic rings. The molecule has 0 spiro atoms. The van der Waals surface area contributed by atoms with E-state index in [0.29, 0.717) is 11.5 Å². The van der Waals surface area contributed by atoms with Gasteiger partial charge in [-0.3, -0.25) is 0 Å². The van der Waals surface area contributed by atoms with Crippen LogP contribution in [0.4, 0.5) is 5.82 Å². The summed E-state index contributed by atoms with van der Waals surface area (Å²) in [6, 6.07) is 0. The summed E-state index contributed by atoms with van der Waals surface area (Å²) in [5.74, 6) is 0.565. The summed E-state index contributed by atoms with van der Waals surface area (Å²) in [6.45, 7) is 0. The molecule has 2 rings (SSSR count). The van der Waals surface area contributed by atoms with Gasteiger partial charge in [-0.1, -0.05) is 0 Å². The van der Waals surface area contributed by atoms with E-state index in [1.165, 1.54) is 11.1 Å². The van der Waals surface area contributed by atoms with E-state index in [1.54, 1.807) is 7.05 Å². The van der Waals surface area contributed by atoms with E-state index in [0.717, 1.165) is 0 Å². The van der Waals surface area contributed by atoms with Crippen LogP contribution in [0.1, 0.15) is 11.9 Å². The van der Waals surface area contributed by atoms with Crippen LogP contribution in [-0.4, -0.2) is 26.4 Å². The van der Waals surface area contributed by atoms with Crippen LogP contribution >= 0.6 is 0 Å². The maximum atomic E-state index is 9.22. The fraction of sp³-hybridized carbons (Fsp3) is 0.400. The highest BCUT2D eigenvalue weighted by Crippen LogP contribution is 2.21. The third kappa shape index (κ3) is 0.874. The summed E-state index contributed by atoms with van der Waals surface area (Å²) in [4.78, 5) is 5.07. The summed E-state index contributed by atoms with van der Waals surface area (Å²) in [6.07, 6.45) is 0.529. The molecule has 0 aromatic carbocycles. The molecule has 0 saturated heterocycles. The topological polar surface area (TPSA) is 75.3 Å². The molecule has 1 atom stereocenters. The molecule has 1 unspecified atom stereocenters. The molecule has 6 heteroatoms. The first kappa shape index (κ1) is 6.29. The van der Waals surface area contributed by atoms with Crippen LogP contribution in [-0.2, 0) is 7.05 Å². The Labute approximate surface area is 62.6 Å². The number of aliphatic hydroxyl groups is 1. The smallest absolute Gasteiger partial charge is 0.195 e. The molecule has 1 aliphatic heterocycles. The largest absolute Gasteiger partial charge is 0.366 e. The average Bonchev–Trinajstić information content (AvgIpc) is 2.31. The van der Waals surface area contributed by atoms with Crippen molar-refractivity contribution in [1.82, 2.24) is 15.0 Å². The lowest BCUT2D eigenvalue weighted by atomic mass is 10.3. The molecule has 58 valence electrons. The van der Waals surface area contributed by atoms with Crippen LogP contribution in [0.25, 0.3) is 0 Å². The number of aliphatic imine (C=N–C) groups is 1. The highest BCUT2D eigenvalue weighted by molar-refractivity contribution is 5.76. The van der Waals surface area contributed by atoms with Gasteiger partial charge < -0.3 is 10.4 Å². The molecular formula is C5H7N5O. The molecule has 6 nitrogen and oxygen atoms in total. The Morgan fingerprint density at radius 2 is 2.45 bits per heavy atom. The normalized spacial score (nSPS) is 21.1. The Morgan fingerprint density at radius 1 is 1.64 bits per heavy atom. The summed E-state index contributed by atoms with van der Waals surface area (Å²) in [5, 5.41) is 19.8. The number of aryl methyl sites for hydroxylation is 1. The Balaban J connectivity index is 2.49. The number of aliphatic hydroxyl groups excluding tert-OH is 1. The number of hydrogen-bond donors (Lipinski definition) is 2. The summed E-state index contributed by atoms with van der Waals surface area (Å²) in [7, 11) is 1.69. The van der Waals surface area contributed by atoms with Crippen LogP contribution in [0.5, 0.6) is 0 Å². The quantitative estimate of drug-likeness (QED) is 0.514. The van der Waals surface area contributed by atoms with Crippen LogP contribution in [0, 0.1) is 0 Å². The number of rotatable bonds is 0. The van der Waals surface area contributed by atoms with Gasteiger partial charge >= 0.3 is 0 Å². The zero-order chi connectivity index (χ0) is 7.84. The van der Waals surface area contributed by atoms with Gasteiger partial charge in [0.2, 0.25) is 0 Å². The summed E-state index contributed by atoms with van der Waals surface area (Å²) in [5.41, 5.74) is 0.468. The number of anilines is 1. The van der Waals surface area contributed by atoms with Crippen molar-refractivity contribution in [3.63, 3.8) is 0 Å². The summed E-state index contributed by atoms with van der Waals surface area (Å²) >= 11 is 0. The van der Waals surface area contributed by atoms with E-state index in [-0.39, 0.29) is 0 Å². The van der Waals surface area contributed by atoms with Crippen molar-refractivity contribution in [2.45, 2.75) is 6.23 Å². The molecule has 1 aromatic heterocycles. The van der Waals surface area contributed by atoms with Crippen molar-refractivity contribution in [3.8, 4) is 0 Å². The minimum atomic E-state index is -0.875. The molecule has 11 heavy (non-hydrogen) atoms. The monoisotopic (exact) mass is 153 g/mol. The highest BCUT2D eigenvalue weighted by atomic mass is 16.3. The second-order valence-electron chi connectivity index (χ2n) is 2.22. The van der Waals surface area contributed by atoms with Crippen molar-refractivity contribution in [2.75, 3.05) is 5.32 Å². The second kappa shape index (κ2) is 2.03. The molecule has 0 fully saturated rings. The van der Waals surface area contributed by atoms with E-state index in [1.807, 2.05) is 0 Å². The van der Waals surface area contributed by atoms with Crippen molar-refractivity contribution >= 4 is 12.2 Å². The number of nitrogens with zero attached hydrogens (tertiary/aromatic N) is 4. The Morgan fingerprint density at radius 3 is 3.18 bits per heavy atom. The van der Waals surface area contributed by atoms with Gasteiger partial charge in [0, 0.05) is 7.05 Å². The Kier molecular flexibility index (Phi) is 1.16. The van der Waals surface area contributed by atoms with Gasteiger partial charge in [0.25, 0.3) is 0 Å². The molecule has 0 bridgehead atoms. The van der Waals surface area contributed by atoms with Gasteiger partial charge in [0.1, 0.15) is 0 Å². The van der Waals surface area contributed by atoms with Crippen LogP contribution < -0.4 is 5.32 Å². The summed E-state index contributed by atoms with van der Waals surface area (Å²) < 4.78 is 0. The maximum absolute atomic E-state index is 9.22. The molecule has 2 heterocycles. The first-order valence-electron chi connectivity index (χ1n) is 3.15. The second-order valence-corrected chi connectivity index (χ2v) is 2.22. The molecule has 0 amide bonds. The van der Waals surface area contributed by atoms with Crippen molar-refractivity contribution in [2.24, 2.45) is 12.0 Å². The first-order valence-corrected chi connectivity index (χ1v) is 3.15. The van der Waals surface area contributed by atoms with Crippen LogP contribution in [0.2, 0.25) is 0 Å². The lowest BCUT2D eigenvalue weighted by Gasteiger charge is -2.07. The van der Waals surface area contributed by atoms with Crippen molar-refractivity contribution in [3.05, 3.63) is 5.69 Å². The highest BCUT2D eigenvalue weighted by Gasteiger charge is 2.19. The molecule has 0 aliphatic carbocycles. The third-order valence-electron chi connectivity index (χ3n) is 1.40. The van der Waals surface area contributed by atoms with E-state index in [2.05, 4.69) is 20.5 Å². The molecule has 1 aliphatic rings. The third-order valence-corrected chi connectivity index (χ3v) is 1.40. The van der Waals surface area contributed by atoms with Gasteiger partial charge in [0.15, 0.2) is 17.7 Å². The number of aromatic nitrogens is 3. The predicted octanol–water partition coefficient (Wildman–Crippen LogP) is -0.740. The fourth-order valence-electron chi connectivity index (χ4n) is 0.938. The van der Waals surface area contributed by atoms with Gasteiger partial charge in [0.05, 0.1) is 6.34 Å².